The van der Waals surface area contributed by atoms with Gasteiger partial charge in [0.2, 0.25) is 0 Å². The highest BCUT2D eigenvalue weighted by Crippen LogP contribution is 2.20. The van der Waals surface area contributed by atoms with Gasteiger partial charge in [-0.15, -0.1) is 0 Å². The molecule has 0 saturated heterocycles. The summed E-state index contributed by atoms with van der Waals surface area (Å²) in [5.74, 6) is -0.0621. The van der Waals surface area contributed by atoms with Gasteiger partial charge in [0.1, 0.15) is 17.3 Å². The van der Waals surface area contributed by atoms with Crippen LogP contribution in [0.4, 0.5) is 4.39 Å². The minimum Gasteiger partial charge on any atom is -0.427 e. The van der Waals surface area contributed by atoms with Crippen LogP contribution in [0, 0.1) is 5.82 Å². The highest BCUT2D eigenvalue weighted by atomic mass is 19.1. The maximum Gasteiger partial charge on any atom is 0.311 e. The van der Waals surface area contributed by atoms with Gasteiger partial charge in [-0.2, -0.15) is 0 Å². The first-order chi connectivity index (χ1) is 14.6. The van der Waals surface area contributed by atoms with E-state index in [0.29, 0.717) is 24.3 Å². The van der Waals surface area contributed by atoms with Gasteiger partial charge in [-0.25, -0.2) is 4.39 Å². The summed E-state index contributed by atoms with van der Waals surface area (Å²) in [6, 6.07) is 14.5. The zero-order valence-corrected chi connectivity index (χ0v) is 16.7. The van der Waals surface area contributed by atoms with Gasteiger partial charge in [-0.05, 0) is 61.4 Å². The molecule has 5 nitrogen and oxygen atoms in total. The number of carbonyl (C=O) groups is 2. The molecule has 0 aliphatic heterocycles. The predicted octanol–water partition coefficient (Wildman–Crippen LogP) is 5.62. The number of rotatable bonds is 10. The summed E-state index contributed by atoms with van der Waals surface area (Å²) in [5, 5.41) is 0.931. The quantitative estimate of drug-likeness (QED) is 0.247. The van der Waals surface area contributed by atoms with Crippen molar-refractivity contribution >= 4 is 22.8 Å². The van der Waals surface area contributed by atoms with Gasteiger partial charge in [0, 0.05) is 24.4 Å². The van der Waals surface area contributed by atoms with Gasteiger partial charge in [0.25, 0.3) is 0 Å². The number of ether oxygens (including phenoxy) is 2. The highest BCUT2D eigenvalue weighted by Gasteiger charge is 2.07. The van der Waals surface area contributed by atoms with Crippen molar-refractivity contribution in [1.29, 1.82) is 0 Å². The van der Waals surface area contributed by atoms with Crippen LogP contribution in [-0.2, 0) is 9.59 Å². The molecular formula is C24H24FNO4. The average Bonchev–Trinajstić information content (AvgIpc) is 2.74. The third-order valence-corrected chi connectivity index (χ3v) is 4.61. The lowest BCUT2D eigenvalue weighted by Gasteiger charge is -2.06. The maximum absolute atomic E-state index is 12.8. The van der Waals surface area contributed by atoms with Crippen LogP contribution in [0.5, 0.6) is 11.5 Å². The summed E-state index contributed by atoms with van der Waals surface area (Å²) in [4.78, 5) is 28.0. The molecule has 2 aromatic carbocycles. The SMILES string of the molecule is O=C(CCCCCCCC(=O)Oc1ccc2ncccc2c1)Oc1ccc(F)cc1. The highest BCUT2D eigenvalue weighted by molar-refractivity contribution is 5.81. The number of benzene rings is 2. The number of pyridine rings is 1. The fourth-order valence-corrected chi connectivity index (χ4v) is 3.05. The lowest BCUT2D eigenvalue weighted by molar-refractivity contribution is -0.135. The number of carbonyl (C=O) groups excluding carboxylic acids is 2. The third kappa shape index (κ3) is 6.95. The standard InChI is InChI=1S/C24H24FNO4/c25-19-10-12-20(13-11-19)29-23(27)8-4-2-1-3-5-9-24(28)30-21-14-15-22-18(17-21)7-6-16-26-22/h6-7,10-17H,1-5,8-9H2. The normalized spacial score (nSPS) is 10.7. The van der Waals surface area contributed by atoms with Crippen molar-refractivity contribution in [3.05, 3.63) is 66.6 Å². The van der Waals surface area contributed by atoms with Crippen molar-refractivity contribution in [2.24, 2.45) is 0 Å². The van der Waals surface area contributed by atoms with E-state index in [-0.39, 0.29) is 17.8 Å². The lowest BCUT2D eigenvalue weighted by Crippen LogP contribution is -2.08. The van der Waals surface area contributed by atoms with Gasteiger partial charge in [0.05, 0.1) is 5.52 Å². The molecule has 3 rings (SSSR count). The first-order valence-corrected chi connectivity index (χ1v) is 10.1. The first-order valence-electron chi connectivity index (χ1n) is 10.1. The number of aromatic nitrogens is 1. The summed E-state index contributed by atoms with van der Waals surface area (Å²) in [6.07, 6.45) is 6.56. The molecule has 0 N–H and O–H groups in total. The Kier molecular flexibility index (Phi) is 7.89. The molecule has 1 heterocycles. The molecule has 0 saturated carbocycles. The number of unbranched alkanes of at least 4 members (excludes halogenated alkanes) is 4. The summed E-state index contributed by atoms with van der Waals surface area (Å²) in [7, 11) is 0. The molecule has 0 aliphatic rings. The summed E-state index contributed by atoms with van der Waals surface area (Å²) < 4.78 is 23.4. The van der Waals surface area contributed by atoms with Gasteiger partial charge < -0.3 is 9.47 Å². The summed E-state index contributed by atoms with van der Waals surface area (Å²) >= 11 is 0. The van der Waals surface area contributed by atoms with Crippen LogP contribution in [0.15, 0.2) is 60.8 Å². The molecule has 1 aromatic heterocycles. The molecule has 30 heavy (non-hydrogen) atoms. The van der Waals surface area contributed by atoms with Crippen LogP contribution >= 0.6 is 0 Å². The van der Waals surface area contributed by atoms with E-state index in [2.05, 4.69) is 4.98 Å². The smallest absolute Gasteiger partial charge is 0.311 e. The topological polar surface area (TPSA) is 65.5 Å². The molecule has 0 fully saturated rings. The molecule has 0 unspecified atom stereocenters. The van der Waals surface area contributed by atoms with Crippen LogP contribution in [0.1, 0.15) is 44.9 Å². The van der Waals surface area contributed by atoms with Crippen molar-refractivity contribution in [2.75, 3.05) is 0 Å². The largest absolute Gasteiger partial charge is 0.427 e. The Morgan fingerprint density at radius 3 is 2.07 bits per heavy atom. The van der Waals surface area contributed by atoms with Crippen LogP contribution < -0.4 is 9.47 Å². The second-order valence-corrected chi connectivity index (χ2v) is 7.03. The number of nitrogens with zero attached hydrogens (tertiary/aromatic N) is 1. The molecule has 0 atom stereocenters. The molecule has 3 aromatic rings. The van der Waals surface area contributed by atoms with E-state index in [0.717, 1.165) is 43.0 Å². The number of halogens is 1. The molecule has 156 valence electrons. The fourth-order valence-electron chi connectivity index (χ4n) is 3.05. The minimum atomic E-state index is -0.367. The van der Waals surface area contributed by atoms with E-state index in [1.165, 1.54) is 24.3 Å². The monoisotopic (exact) mass is 409 g/mol. The van der Waals surface area contributed by atoms with E-state index in [1.807, 2.05) is 24.3 Å². The summed E-state index contributed by atoms with van der Waals surface area (Å²) in [6.45, 7) is 0. The Morgan fingerprint density at radius 2 is 1.37 bits per heavy atom. The Balaban J connectivity index is 1.25. The maximum atomic E-state index is 12.8. The molecule has 0 aliphatic carbocycles. The Bertz CT molecular complexity index is 988. The Labute approximate surface area is 174 Å². The van der Waals surface area contributed by atoms with Crippen molar-refractivity contribution in [1.82, 2.24) is 4.98 Å². The van der Waals surface area contributed by atoms with E-state index in [1.54, 1.807) is 12.3 Å². The number of fused-ring (bicyclic) bond motifs is 1. The number of hydrogen-bond acceptors (Lipinski definition) is 5. The lowest BCUT2D eigenvalue weighted by atomic mass is 10.1. The van der Waals surface area contributed by atoms with Gasteiger partial charge >= 0.3 is 11.9 Å². The van der Waals surface area contributed by atoms with Gasteiger partial charge in [-0.1, -0.05) is 25.3 Å². The molecule has 0 radical (unpaired) electrons. The molecular weight excluding hydrogens is 385 g/mol. The third-order valence-electron chi connectivity index (χ3n) is 4.61. The predicted molar refractivity (Wildman–Crippen MR) is 112 cm³/mol. The minimum absolute atomic E-state index is 0.249. The fraction of sp³-hybridized carbons (Fsp3) is 0.292. The summed E-state index contributed by atoms with van der Waals surface area (Å²) in [5.41, 5.74) is 0.860. The van der Waals surface area contributed by atoms with E-state index in [4.69, 9.17) is 9.47 Å². The molecule has 0 bridgehead atoms. The van der Waals surface area contributed by atoms with Gasteiger partial charge in [0.15, 0.2) is 0 Å². The average molecular weight is 409 g/mol. The zero-order chi connectivity index (χ0) is 21.2. The van der Waals surface area contributed by atoms with Crippen molar-refractivity contribution < 1.29 is 23.5 Å². The first kappa shape index (κ1) is 21.4. The van der Waals surface area contributed by atoms with E-state index in [9.17, 15) is 14.0 Å². The van der Waals surface area contributed by atoms with Crippen molar-refractivity contribution in [2.45, 2.75) is 44.9 Å². The van der Waals surface area contributed by atoms with E-state index >= 15 is 0 Å². The second-order valence-electron chi connectivity index (χ2n) is 7.03. The van der Waals surface area contributed by atoms with Crippen LogP contribution in [0.25, 0.3) is 10.9 Å². The molecule has 6 heteroatoms. The van der Waals surface area contributed by atoms with Crippen LogP contribution in [0.2, 0.25) is 0 Å². The second kappa shape index (κ2) is 11.0. The number of esters is 2. The van der Waals surface area contributed by atoms with E-state index < -0.39 is 0 Å². The van der Waals surface area contributed by atoms with Crippen molar-refractivity contribution in [3.63, 3.8) is 0 Å². The van der Waals surface area contributed by atoms with Crippen molar-refractivity contribution in [3.8, 4) is 11.5 Å². The number of hydrogen-bond donors (Lipinski definition) is 0. The van der Waals surface area contributed by atoms with Gasteiger partial charge in [-0.3, -0.25) is 14.6 Å². The Hall–Kier alpha value is -3.28. The van der Waals surface area contributed by atoms with Crippen LogP contribution in [-0.4, -0.2) is 16.9 Å². The Morgan fingerprint density at radius 1 is 0.767 bits per heavy atom. The zero-order valence-electron chi connectivity index (χ0n) is 16.7. The van der Waals surface area contributed by atoms with Crippen LogP contribution in [0.3, 0.4) is 0 Å². The molecule has 0 spiro atoms. The molecule has 0 amide bonds.